The summed E-state index contributed by atoms with van der Waals surface area (Å²) < 4.78 is 0. The van der Waals surface area contributed by atoms with E-state index < -0.39 is 12.1 Å². The van der Waals surface area contributed by atoms with Crippen LogP contribution in [0.4, 0.5) is 4.79 Å². The van der Waals surface area contributed by atoms with E-state index in [4.69, 9.17) is 0 Å². The summed E-state index contributed by atoms with van der Waals surface area (Å²) in [4.78, 5) is 37.6. The number of hydrogen-bond donors (Lipinski definition) is 2. The molecule has 1 unspecified atom stereocenters. The van der Waals surface area contributed by atoms with Crippen LogP contribution in [0.25, 0.3) is 0 Å². The molecule has 2 aromatic carbocycles. The minimum atomic E-state index is -0.620. The number of carbonyl (C=O) groups excluding carboxylic acids is 3. The molecule has 1 fully saturated rings. The molecule has 0 spiro atoms. The Labute approximate surface area is 158 Å². The van der Waals surface area contributed by atoms with Gasteiger partial charge in [-0.05, 0) is 24.0 Å². The van der Waals surface area contributed by atoms with E-state index in [2.05, 4.69) is 10.6 Å². The average Bonchev–Trinajstić information content (AvgIpc) is 2.94. The lowest BCUT2D eigenvalue weighted by Crippen LogP contribution is -2.41. The molecule has 0 bridgehead atoms. The number of imide groups is 1. The normalized spacial score (nSPS) is 16.3. The van der Waals surface area contributed by atoms with Gasteiger partial charge in [-0.15, -0.1) is 0 Å². The second-order valence-corrected chi connectivity index (χ2v) is 6.56. The smallest absolute Gasteiger partial charge is 0.325 e. The van der Waals surface area contributed by atoms with Gasteiger partial charge in [-0.1, -0.05) is 60.7 Å². The molecule has 3 rings (SSSR count). The Morgan fingerprint density at radius 1 is 0.963 bits per heavy atom. The summed E-state index contributed by atoms with van der Waals surface area (Å²) in [5.41, 5.74) is 2.17. The number of nitrogens with zero attached hydrogens (tertiary/aromatic N) is 1. The van der Waals surface area contributed by atoms with E-state index in [1.165, 1.54) is 5.56 Å². The zero-order valence-corrected chi connectivity index (χ0v) is 15.1. The molecule has 2 aromatic rings. The first-order valence-corrected chi connectivity index (χ1v) is 9.10. The number of rotatable bonds is 8. The van der Waals surface area contributed by atoms with Crippen LogP contribution in [0.2, 0.25) is 0 Å². The number of amides is 4. The van der Waals surface area contributed by atoms with Crippen LogP contribution < -0.4 is 10.6 Å². The van der Waals surface area contributed by atoms with Crippen molar-refractivity contribution in [1.29, 1.82) is 0 Å². The molecule has 140 valence electrons. The second kappa shape index (κ2) is 8.98. The van der Waals surface area contributed by atoms with E-state index in [0.717, 1.165) is 23.3 Å². The summed E-state index contributed by atoms with van der Waals surface area (Å²) >= 11 is 0. The SMILES string of the molecule is O=C(CN1C(=O)NC(Cc2ccccc2)C1=O)NCCCc1ccccc1. The standard InChI is InChI=1S/C21H23N3O3/c25-19(22-13-7-12-16-8-3-1-4-9-16)15-24-20(26)18(23-21(24)27)14-17-10-5-2-6-11-17/h1-6,8-11,18H,7,12-15H2,(H,22,25)(H,23,27). The van der Waals surface area contributed by atoms with Gasteiger partial charge < -0.3 is 10.6 Å². The summed E-state index contributed by atoms with van der Waals surface area (Å²) in [7, 11) is 0. The Balaban J connectivity index is 1.43. The molecule has 0 aliphatic carbocycles. The Bertz CT molecular complexity index is 793. The van der Waals surface area contributed by atoms with Gasteiger partial charge in [0.05, 0.1) is 0 Å². The molecule has 4 amide bonds. The van der Waals surface area contributed by atoms with Crippen molar-refractivity contribution in [3.05, 3.63) is 71.8 Å². The van der Waals surface area contributed by atoms with Crippen LogP contribution in [0, 0.1) is 0 Å². The first-order valence-electron chi connectivity index (χ1n) is 9.10. The number of benzene rings is 2. The van der Waals surface area contributed by atoms with Gasteiger partial charge in [-0.25, -0.2) is 4.79 Å². The minimum Gasteiger partial charge on any atom is -0.355 e. The van der Waals surface area contributed by atoms with Crippen LogP contribution >= 0.6 is 0 Å². The predicted octanol–water partition coefficient (Wildman–Crippen LogP) is 1.90. The molecule has 1 atom stereocenters. The Morgan fingerprint density at radius 2 is 1.59 bits per heavy atom. The summed E-state index contributed by atoms with van der Waals surface area (Å²) in [5.74, 6) is -0.685. The molecule has 0 radical (unpaired) electrons. The summed E-state index contributed by atoms with van der Waals surface area (Å²) in [6.45, 7) is 0.256. The first kappa shape index (κ1) is 18.6. The number of hydrogen-bond acceptors (Lipinski definition) is 3. The lowest BCUT2D eigenvalue weighted by atomic mass is 10.1. The quantitative estimate of drug-likeness (QED) is 0.554. The fraction of sp³-hybridized carbons (Fsp3) is 0.286. The number of carbonyl (C=O) groups is 3. The van der Waals surface area contributed by atoms with Crippen molar-refractivity contribution in [3.63, 3.8) is 0 Å². The third-order valence-corrected chi connectivity index (χ3v) is 4.50. The van der Waals surface area contributed by atoms with Crippen molar-refractivity contribution in [2.24, 2.45) is 0 Å². The van der Waals surface area contributed by atoms with Gasteiger partial charge in [0.2, 0.25) is 5.91 Å². The zero-order valence-electron chi connectivity index (χ0n) is 15.1. The summed E-state index contributed by atoms with van der Waals surface area (Å²) in [6.07, 6.45) is 2.08. The maximum atomic E-state index is 12.4. The third kappa shape index (κ3) is 5.17. The highest BCUT2D eigenvalue weighted by Crippen LogP contribution is 2.12. The maximum Gasteiger partial charge on any atom is 0.325 e. The van der Waals surface area contributed by atoms with E-state index in [0.29, 0.717) is 13.0 Å². The molecule has 2 N–H and O–H groups in total. The van der Waals surface area contributed by atoms with Crippen molar-refractivity contribution in [3.8, 4) is 0 Å². The highest BCUT2D eigenvalue weighted by molar-refractivity contribution is 6.06. The zero-order chi connectivity index (χ0) is 19.1. The molecule has 27 heavy (non-hydrogen) atoms. The summed E-state index contributed by atoms with van der Waals surface area (Å²) in [6, 6.07) is 18.4. The molecule has 1 saturated heterocycles. The molecule has 1 aliphatic rings. The lowest BCUT2D eigenvalue weighted by molar-refractivity contribution is -0.132. The van der Waals surface area contributed by atoms with Gasteiger partial charge >= 0.3 is 6.03 Å². The van der Waals surface area contributed by atoms with Gasteiger partial charge in [0.25, 0.3) is 5.91 Å². The highest BCUT2D eigenvalue weighted by Gasteiger charge is 2.38. The minimum absolute atomic E-state index is 0.249. The van der Waals surface area contributed by atoms with Crippen molar-refractivity contribution in [2.45, 2.75) is 25.3 Å². The van der Waals surface area contributed by atoms with E-state index in [-0.39, 0.29) is 18.4 Å². The van der Waals surface area contributed by atoms with Gasteiger partial charge in [-0.2, -0.15) is 0 Å². The molecular weight excluding hydrogens is 342 g/mol. The number of aryl methyl sites for hydroxylation is 1. The molecule has 1 aliphatic heterocycles. The van der Waals surface area contributed by atoms with E-state index in [1.54, 1.807) is 0 Å². The van der Waals surface area contributed by atoms with Crippen LogP contribution in [0.1, 0.15) is 17.5 Å². The van der Waals surface area contributed by atoms with Gasteiger partial charge in [0, 0.05) is 13.0 Å². The van der Waals surface area contributed by atoms with Crippen LogP contribution in [-0.2, 0) is 22.4 Å². The van der Waals surface area contributed by atoms with Gasteiger partial charge in [0.15, 0.2) is 0 Å². The first-order chi connectivity index (χ1) is 13.1. The van der Waals surface area contributed by atoms with Gasteiger partial charge in [0.1, 0.15) is 12.6 Å². The lowest BCUT2D eigenvalue weighted by Gasteiger charge is -2.13. The van der Waals surface area contributed by atoms with E-state index in [1.807, 2.05) is 60.7 Å². The fourth-order valence-electron chi connectivity index (χ4n) is 3.08. The van der Waals surface area contributed by atoms with Crippen LogP contribution in [0.15, 0.2) is 60.7 Å². The Hall–Kier alpha value is -3.15. The largest absolute Gasteiger partial charge is 0.355 e. The fourth-order valence-corrected chi connectivity index (χ4v) is 3.08. The van der Waals surface area contributed by atoms with E-state index in [9.17, 15) is 14.4 Å². The van der Waals surface area contributed by atoms with Crippen molar-refractivity contribution < 1.29 is 14.4 Å². The van der Waals surface area contributed by atoms with Crippen molar-refractivity contribution >= 4 is 17.8 Å². The number of nitrogens with one attached hydrogen (secondary N) is 2. The highest BCUT2D eigenvalue weighted by atomic mass is 16.2. The number of urea groups is 1. The molecule has 0 saturated carbocycles. The van der Waals surface area contributed by atoms with Crippen LogP contribution in [0.3, 0.4) is 0 Å². The predicted molar refractivity (Wildman–Crippen MR) is 102 cm³/mol. The third-order valence-electron chi connectivity index (χ3n) is 4.50. The maximum absolute atomic E-state index is 12.4. The molecular formula is C21H23N3O3. The Morgan fingerprint density at radius 3 is 2.26 bits per heavy atom. The molecule has 6 heteroatoms. The van der Waals surface area contributed by atoms with Gasteiger partial charge in [-0.3, -0.25) is 14.5 Å². The molecule has 0 aromatic heterocycles. The summed E-state index contributed by atoms with van der Waals surface area (Å²) in [5, 5.41) is 5.43. The van der Waals surface area contributed by atoms with Crippen LogP contribution in [-0.4, -0.2) is 41.9 Å². The topological polar surface area (TPSA) is 78.5 Å². The van der Waals surface area contributed by atoms with Crippen LogP contribution in [0.5, 0.6) is 0 Å². The van der Waals surface area contributed by atoms with Crippen molar-refractivity contribution in [2.75, 3.05) is 13.1 Å². The second-order valence-electron chi connectivity index (χ2n) is 6.56. The monoisotopic (exact) mass is 365 g/mol. The van der Waals surface area contributed by atoms with Crippen molar-refractivity contribution in [1.82, 2.24) is 15.5 Å². The molecule has 1 heterocycles. The van der Waals surface area contributed by atoms with E-state index >= 15 is 0 Å². The Kier molecular flexibility index (Phi) is 6.20. The average molecular weight is 365 g/mol. The molecule has 6 nitrogen and oxygen atoms in total.